The molecule has 2 aromatic rings. The number of hydrogen-bond acceptors (Lipinski definition) is 6. The average molecular weight is 304 g/mol. The van der Waals surface area contributed by atoms with Gasteiger partial charge in [-0.3, -0.25) is 9.78 Å². The van der Waals surface area contributed by atoms with E-state index in [2.05, 4.69) is 15.0 Å². The summed E-state index contributed by atoms with van der Waals surface area (Å²) in [4.78, 5) is 26.9. The number of rotatable bonds is 4. The van der Waals surface area contributed by atoms with Crippen LogP contribution in [0.3, 0.4) is 0 Å². The zero-order chi connectivity index (χ0) is 14.5. The van der Waals surface area contributed by atoms with E-state index in [1.165, 1.54) is 11.3 Å². The number of carbonyl (C=O) groups excluding carboxylic acids is 1. The predicted octanol–water partition coefficient (Wildman–Crippen LogP) is 1.41. The van der Waals surface area contributed by atoms with Gasteiger partial charge in [0.15, 0.2) is 0 Å². The van der Waals surface area contributed by atoms with Crippen LogP contribution in [0.4, 0.5) is 0 Å². The van der Waals surface area contributed by atoms with Crippen molar-refractivity contribution in [3.63, 3.8) is 0 Å². The van der Waals surface area contributed by atoms with Gasteiger partial charge in [0.25, 0.3) is 5.91 Å². The van der Waals surface area contributed by atoms with E-state index in [0.29, 0.717) is 24.6 Å². The monoisotopic (exact) mass is 304 g/mol. The van der Waals surface area contributed by atoms with E-state index in [0.717, 1.165) is 18.5 Å². The quantitative estimate of drug-likeness (QED) is 0.854. The van der Waals surface area contributed by atoms with E-state index < -0.39 is 0 Å². The van der Waals surface area contributed by atoms with Crippen molar-refractivity contribution in [3.05, 3.63) is 40.9 Å². The zero-order valence-electron chi connectivity index (χ0n) is 11.5. The molecule has 0 N–H and O–H groups in total. The summed E-state index contributed by atoms with van der Waals surface area (Å²) in [6.07, 6.45) is 6.66. The maximum absolute atomic E-state index is 12.3. The molecule has 1 amide bonds. The first-order valence-electron chi connectivity index (χ1n) is 6.87. The first-order chi connectivity index (χ1) is 10.3. The Hall–Kier alpha value is -1.86. The minimum Gasteiger partial charge on any atom is -0.375 e. The third-order valence-corrected chi connectivity index (χ3v) is 4.20. The molecule has 0 saturated carbocycles. The lowest BCUT2D eigenvalue weighted by atomic mass is 10.1. The molecule has 0 bridgehead atoms. The summed E-state index contributed by atoms with van der Waals surface area (Å²) in [6, 6.07) is 1.91. The molecule has 110 valence electrons. The van der Waals surface area contributed by atoms with E-state index in [1.54, 1.807) is 24.2 Å². The molecule has 21 heavy (non-hydrogen) atoms. The summed E-state index contributed by atoms with van der Waals surface area (Å²) in [7, 11) is 0. The Balaban J connectivity index is 1.55. The number of carbonyl (C=O) groups is 1. The van der Waals surface area contributed by atoms with Crippen LogP contribution in [-0.2, 0) is 11.2 Å². The molecule has 2 aromatic heterocycles. The SMILES string of the molecule is O=C(c1cncs1)N1CCO[C@@H](CCc2ccncn2)C1. The summed E-state index contributed by atoms with van der Waals surface area (Å²) in [5.74, 6) is 0.0489. The van der Waals surface area contributed by atoms with Crippen LogP contribution in [0.15, 0.2) is 30.3 Å². The van der Waals surface area contributed by atoms with Crippen LogP contribution in [-0.4, -0.2) is 51.6 Å². The van der Waals surface area contributed by atoms with E-state index in [9.17, 15) is 4.79 Å². The van der Waals surface area contributed by atoms with Crippen molar-refractivity contribution < 1.29 is 9.53 Å². The number of morpholine rings is 1. The fourth-order valence-corrected chi connectivity index (χ4v) is 2.92. The minimum atomic E-state index is 0.0489. The lowest BCUT2D eigenvalue weighted by molar-refractivity contribution is -0.0245. The Kier molecular flexibility index (Phi) is 4.52. The summed E-state index contributed by atoms with van der Waals surface area (Å²) in [5, 5.41) is 0. The van der Waals surface area contributed by atoms with E-state index in [-0.39, 0.29) is 12.0 Å². The van der Waals surface area contributed by atoms with Gasteiger partial charge in [0.05, 0.1) is 24.4 Å². The van der Waals surface area contributed by atoms with Crippen molar-refractivity contribution in [2.45, 2.75) is 18.9 Å². The van der Waals surface area contributed by atoms with Crippen LogP contribution in [0.5, 0.6) is 0 Å². The zero-order valence-corrected chi connectivity index (χ0v) is 12.3. The predicted molar refractivity (Wildman–Crippen MR) is 78.1 cm³/mol. The maximum atomic E-state index is 12.3. The van der Waals surface area contributed by atoms with Crippen LogP contribution in [0.1, 0.15) is 21.8 Å². The van der Waals surface area contributed by atoms with Gasteiger partial charge in [-0.2, -0.15) is 0 Å². The molecule has 0 spiro atoms. The molecule has 0 aromatic carbocycles. The minimum absolute atomic E-state index is 0.0489. The Morgan fingerprint density at radius 1 is 1.48 bits per heavy atom. The van der Waals surface area contributed by atoms with Crippen molar-refractivity contribution in [2.75, 3.05) is 19.7 Å². The van der Waals surface area contributed by atoms with Gasteiger partial charge in [-0.05, 0) is 18.9 Å². The number of aryl methyl sites for hydroxylation is 1. The summed E-state index contributed by atoms with van der Waals surface area (Å²) in [6.45, 7) is 1.85. The van der Waals surface area contributed by atoms with Crippen molar-refractivity contribution in [1.29, 1.82) is 0 Å². The highest BCUT2D eigenvalue weighted by Crippen LogP contribution is 2.16. The molecule has 3 rings (SSSR count). The molecule has 0 radical (unpaired) electrons. The second-order valence-electron chi connectivity index (χ2n) is 4.85. The third kappa shape index (κ3) is 3.62. The normalized spacial score (nSPS) is 18.7. The lowest BCUT2D eigenvalue weighted by Gasteiger charge is -2.32. The van der Waals surface area contributed by atoms with Gasteiger partial charge in [-0.25, -0.2) is 9.97 Å². The Bertz CT molecular complexity index is 576. The number of hydrogen-bond donors (Lipinski definition) is 0. The smallest absolute Gasteiger partial charge is 0.265 e. The summed E-state index contributed by atoms with van der Waals surface area (Å²) < 4.78 is 5.75. The van der Waals surface area contributed by atoms with E-state index in [1.807, 2.05) is 11.0 Å². The number of amides is 1. The lowest BCUT2D eigenvalue weighted by Crippen LogP contribution is -2.45. The van der Waals surface area contributed by atoms with Gasteiger partial charge < -0.3 is 9.64 Å². The second-order valence-corrected chi connectivity index (χ2v) is 5.74. The van der Waals surface area contributed by atoms with E-state index >= 15 is 0 Å². The van der Waals surface area contributed by atoms with Crippen molar-refractivity contribution in [2.24, 2.45) is 0 Å². The molecule has 7 heteroatoms. The van der Waals surface area contributed by atoms with Crippen LogP contribution in [0, 0.1) is 0 Å². The summed E-state index contributed by atoms with van der Waals surface area (Å²) >= 11 is 1.38. The Labute approximate surface area is 126 Å². The van der Waals surface area contributed by atoms with Crippen LogP contribution >= 0.6 is 11.3 Å². The molecule has 3 heterocycles. The molecule has 0 aliphatic carbocycles. The van der Waals surface area contributed by atoms with Crippen LogP contribution < -0.4 is 0 Å². The molecule has 1 saturated heterocycles. The molecule has 1 atom stereocenters. The van der Waals surface area contributed by atoms with Gasteiger partial charge in [0, 0.05) is 25.0 Å². The third-order valence-electron chi connectivity index (χ3n) is 3.43. The maximum Gasteiger partial charge on any atom is 0.265 e. The molecule has 1 aliphatic rings. The fraction of sp³-hybridized carbons (Fsp3) is 0.429. The molecule has 6 nitrogen and oxygen atoms in total. The number of ether oxygens (including phenoxy) is 1. The van der Waals surface area contributed by atoms with E-state index in [4.69, 9.17) is 4.74 Å². The molecule has 1 fully saturated rings. The molecule has 1 aliphatic heterocycles. The van der Waals surface area contributed by atoms with Gasteiger partial charge in [0.2, 0.25) is 0 Å². The average Bonchev–Trinajstić information content (AvgIpc) is 3.08. The van der Waals surface area contributed by atoms with Crippen LogP contribution in [0.2, 0.25) is 0 Å². The van der Waals surface area contributed by atoms with Crippen molar-refractivity contribution >= 4 is 17.2 Å². The van der Waals surface area contributed by atoms with Gasteiger partial charge in [0.1, 0.15) is 11.2 Å². The van der Waals surface area contributed by atoms with Gasteiger partial charge in [-0.15, -0.1) is 11.3 Å². The second kappa shape index (κ2) is 6.73. The number of thiazole rings is 1. The standard InChI is InChI=1S/C14H16N4O2S/c19-14(13-7-16-10-21-13)18-5-6-20-12(8-18)2-1-11-3-4-15-9-17-11/h3-4,7,9-10,12H,1-2,5-6,8H2/t12-/m0/s1. The highest BCUT2D eigenvalue weighted by Gasteiger charge is 2.25. The fourth-order valence-electron chi connectivity index (χ4n) is 2.33. The van der Waals surface area contributed by atoms with Crippen molar-refractivity contribution in [3.8, 4) is 0 Å². The highest BCUT2D eigenvalue weighted by atomic mass is 32.1. The summed E-state index contributed by atoms with van der Waals surface area (Å²) in [5.41, 5.74) is 2.68. The number of nitrogens with zero attached hydrogens (tertiary/aromatic N) is 4. The highest BCUT2D eigenvalue weighted by molar-refractivity contribution is 7.11. The molecular weight excluding hydrogens is 288 g/mol. The number of aromatic nitrogens is 3. The molecular formula is C14H16N4O2S. The Morgan fingerprint density at radius 3 is 3.19 bits per heavy atom. The largest absolute Gasteiger partial charge is 0.375 e. The van der Waals surface area contributed by atoms with Crippen molar-refractivity contribution in [1.82, 2.24) is 19.9 Å². The molecule has 0 unspecified atom stereocenters. The van der Waals surface area contributed by atoms with Gasteiger partial charge >= 0.3 is 0 Å². The Morgan fingerprint density at radius 2 is 2.43 bits per heavy atom. The first kappa shape index (κ1) is 14.1. The first-order valence-corrected chi connectivity index (χ1v) is 7.75. The van der Waals surface area contributed by atoms with Crippen LogP contribution in [0.25, 0.3) is 0 Å². The van der Waals surface area contributed by atoms with Gasteiger partial charge in [-0.1, -0.05) is 0 Å². The topological polar surface area (TPSA) is 68.2 Å².